The molecule has 0 aliphatic rings. The van der Waals surface area contributed by atoms with Gasteiger partial charge in [-0.25, -0.2) is 12.8 Å². The summed E-state index contributed by atoms with van der Waals surface area (Å²) in [7, 11) is -2.39. The molecule has 0 bridgehead atoms. The number of hydrogen-bond acceptors (Lipinski definition) is 3. The van der Waals surface area contributed by atoms with E-state index in [2.05, 4.69) is 4.72 Å². The van der Waals surface area contributed by atoms with Gasteiger partial charge in [0.2, 0.25) is 0 Å². The zero-order chi connectivity index (χ0) is 14.8. The summed E-state index contributed by atoms with van der Waals surface area (Å²) < 4.78 is 45.2. The molecule has 0 aromatic heterocycles. The summed E-state index contributed by atoms with van der Waals surface area (Å²) in [4.78, 5) is 0.0335. The second-order valence-corrected chi connectivity index (χ2v) is 5.87. The molecule has 2 aromatic carbocycles. The standard InChI is InChI=1S/C14H14FNO3S/c1-10-9-11(15)7-8-12(10)16-20(17,18)14-6-4-3-5-13(14)19-2/h3-9,16H,1-2H3. The average Bonchev–Trinajstić information content (AvgIpc) is 2.42. The number of ether oxygens (including phenoxy) is 1. The van der Waals surface area contributed by atoms with E-state index in [1.165, 1.54) is 31.4 Å². The first-order valence-corrected chi connectivity index (χ1v) is 7.34. The Morgan fingerprint density at radius 1 is 1.15 bits per heavy atom. The van der Waals surface area contributed by atoms with E-state index in [4.69, 9.17) is 4.74 Å². The molecule has 0 spiro atoms. The Hall–Kier alpha value is -2.08. The third kappa shape index (κ3) is 2.91. The van der Waals surface area contributed by atoms with Gasteiger partial charge in [-0.3, -0.25) is 4.72 Å². The van der Waals surface area contributed by atoms with E-state index in [1.54, 1.807) is 25.1 Å². The number of halogens is 1. The quantitative estimate of drug-likeness (QED) is 0.943. The molecule has 20 heavy (non-hydrogen) atoms. The number of anilines is 1. The minimum Gasteiger partial charge on any atom is -0.495 e. The van der Waals surface area contributed by atoms with Crippen molar-refractivity contribution in [3.05, 3.63) is 53.8 Å². The van der Waals surface area contributed by atoms with Crippen LogP contribution >= 0.6 is 0 Å². The molecule has 2 aromatic rings. The molecule has 0 amide bonds. The van der Waals surface area contributed by atoms with E-state index >= 15 is 0 Å². The van der Waals surface area contributed by atoms with Crippen molar-refractivity contribution in [2.45, 2.75) is 11.8 Å². The number of rotatable bonds is 4. The molecule has 0 fully saturated rings. The first-order chi connectivity index (χ1) is 9.44. The summed E-state index contributed by atoms with van der Waals surface area (Å²) in [5.74, 6) is -0.164. The molecule has 1 N–H and O–H groups in total. The zero-order valence-electron chi connectivity index (χ0n) is 11.1. The lowest BCUT2D eigenvalue weighted by atomic mass is 10.2. The predicted octanol–water partition coefficient (Wildman–Crippen LogP) is 2.94. The number of nitrogens with one attached hydrogen (secondary N) is 1. The molecular weight excluding hydrogens is 281 g/mol. The van der Waals surface area contributed by atoms with Crippen LogP contribution in [0.15, 0.2) is 47.4 Å². The normalized spacial score (nSPS) is 11.2. The van der Waals surface area contributed by atoms with Gasteiger partial charge in [-0.05, 0) is 42.8 Å². The maximum absolute atomic E-state index is 13.0. The van der Waals surface area contributed by atoms with Crippen molar-refractivity contribution < 1.29 is 17.5 Å². The SMILES string of the molecule is COc1ccccc1S(=O)(=O)Nc1ccc(F)cc1C. The van der Waals surface area contributed by atoms with Gasteiger partial charge in [-0.1, -0.05) is 12.1 Å². The third-order valence-electron chi connectivity index (χ3n) is 2.79. The smallest absolute Gasteiger partial charge is 0.265 e. The van der Waals surface area contributed by atoms with E-state index < -0.39 is 15.8 Å². The molecule has 106 valence electrons. The van der Waals surface area contributed by atoms with Gasteiger partial charge in [0.1, 0.15) is 16.5 Å². The maximum atomic E-state index is 13.0. The summed E-state index contributed by atoms with van der Waals surface area (Å²) in [6, 6.07) is 10.1. The summed E-state index contributed by atoms with van der Waals surface area (Å²) in [6.45, 7) is 1.63. The Morgan fingerprint density at radius 2 is 1.85 bits per heavy atom. The number of sulfonamides is 1. The Bertz CT molecular complexity index is 729. The van der Waals surface area contributed by atoms with Crippen molar-refractivity contribution in [2.24, 2.45) is 0 Å². The fourth-order valence-electron chi connectivity index (χ4n) is 1.78. The Morgan fingerprint density at radius 3 is 2.50 bits per heavy atom. The lowest BCUT2D eigenvalue weighted by Crippen LogP contribution is -2.14. The van der Waals surface area contributed by atoms with Gasteiger partial charge in [-0.15, -0.1) is 0 Å². The molecule has 0 aliphatic heterocycles. The van der Waals surface area contributed by atoms with Gasteiger partial charge in [-0.2, -0.15) is 0 Å². The van der Waals surface area contributed by atoms with E-state index in [0.717, 1.165) is 0 Å². The molecule has 2 rings (SSSR count). The molecule has 4 nitrogen and oxygen atoms in total. The topological polar surface area (TPSA) is 55.4 Å². The third-order valence-corrected chi connectivity index (χ3v) is 4.20. The maximum Gasteiger partial charge on any atom is 0.265 e. The first-order valence-electron chi connectivity index (χ1n) is 5.86. The van der Waals surface area contributed by atoms with Crippen molar-refractivity contribution >= 4 is 15.7 Å². The van der Waals surface area contributed by atoms with Crippen LogP contribution < -0.4 is 9.46 Å². The van der Waals surface area contributed by atoms with Gasteiger partial charge in [0.15, 0.2) is 0 Å². The van der Waals surface area contributed by atoms with Gasteiger partial charge in [0.25, 0.3) is 10.0 Å². The summed E-state index contributed by atoms with van der Waals surface area (Å²) in [5, 5.41) is 0. The van der Waals surface area contributed by atoms with Crippen molar-refractivity contribution in [1.29, 1.82) is 0 Å². The molecule has 0 saturated carbocycles. The average molecular weight is 295 g/mol. The van der Waals surface area contributed by atoms with Crippen molar-refractivity contribution in [3.63, 3.8) is 0 Å². The van der Waals surface area contributed by atoms with Crippen LogP contribution in [0.2, 0.25) is 0 Å². The minimum absolute atomic E-state index is 0.0335. The molecule has 0 unspecified atom stereocenters. The van der Waals surface area contributed by atoms with Crippen LogP contribution in [0.4, 0.5) is 10.1 Å². The highest BCUT2D eigenvalue weighted by Gasteiger charge is 2.19. The molecule has 0 aliphatic carbocycles. The highest BCUT2D eigenvalue weighted by Crippen LogP contribution is 2.26. The number of hydrogen-bond donors (Lipinski definition) is 1. The zero-order valence-corrected chi connectivity index (χ0v) is 11.9. The highest BCUT2D eigenvalue weighted by molar-refractivity contribution is 7.92. The van der Waals surface area contributed by atoms with Crippen LogP contribution in [0.5, 0.6) is 5.75 Å². The van der Waals surface area contributed by atoms with Crippen LogP contribution in [0.3, 0.4) is 0 Å². The lowest BCUT2D eigenvalue weighted by Gasteiger charge is -2.13. The van der Waals surface area contributed by atoms with Crippen LogP contribution in [0.1, 0.15) is 5.56 Å². The van der Waals surface area contributed by atoms with Gasteiger partial charge >= 0.3 is 0 Å². The van der Waals surface area contributed by atoms with Crippen molar-refractivity contribution in [3.8, 4) is 5.75 Å². The lowest BCUT2D eigenvalue weighted by molar-refractivity contribution is 0.403. The fraction of sp³-hybridized carbons (Fsp3) is 0.143. The first kappa shape index (κ1) is 14.3. The van der Waals surface area contributed by atoms with Gasteiger partial charge in [0, 0.05) is 0 Å². The second-order valence-electron chi connectivity index (χ2n) is 4.22. The molecule has 0 heterocycles. The Balaban J connectivity index is 2.41. The second kappa shape index (κ2) is 5.50. The van der Waals surface area contributed by atoms with Crippen LogP contribution in [-0.2, 0) is 10.0 Å². The summed E-state index contributed by atoms with van der Waals surface area (Å²) in [6.07, 6.45) is 0. The monoisotopic (exact) mass is 295 g/mol. The molecule has 6 heteroatoms. The van der Waals surface area contributed by atoms with E-state index in [1.807, 2.05) is 0 Å². The van der Waals surface area contributed by atoms with Crippen molar-refractivity contribution in [2.75, 3.05) is 11.8 Å². The Labute approximate surface area is 117 Å². The summed E-state index contributed by atoms with van der Waals surface area (Å²) in [5.41, 5.74) is 0.834. The molecule has 0 atom stereocenters. The van der Waals surface area contributed by atoms with Crippen molar-refractivity contribution in [1.82, 2.24) is 0 Å². The minimum atomic E-state index is -3.79. The largest absolute Gasteiger partial charge is 0.495 e. The number of aryl methyl sites for hydroxylation is 1. The van der Waals surface area contributed by atoms with E-state index in [0.29, 0.717) is 11.3 Å². The van der Waals surface area contributed by atoms with Crippen LogP contribution in [0.25, 0.3) is 0 Å². The van der Waals surface area contributed by atoms with Gasteiger partial charge in [0.05, 0.1) is 12.8 Å². The van der Waals surface area contributed by atoms with Gasteiger partial charge < -0.3 is 4.74 Å². The predicted molar refractivity (Wildman–Crippen MR) is 74.9 cm³/mol. The van der Waals surface area contributed by atoms with Crippen LogP contribution in [0, 0.1) is 12.7 Å². The number of para-hydroxylation sites is 1. The summed E-state index contributed by atoms with van der Waals surface area (Å²) >= 11 is 0. The van der Waals surface area contributed by atoms with Crippen LogP contribution in [-0.4, -0.2) is 15.5 Å². The Kier molecular flexibility index (Phi) is 3.94. The number of benzene rings is 2. The molecule has 0 radical (unpaired) electrons. The molecule has 0 saturated heterocycles. The fourth-order valence-corrected chi connectivity index (χ4v) is 3.08. The van der Waals surface area contributed by atoms with E-state index in [9.17, 15) is 12.8 Å². The van der Waals surface area contributed by atoms with E-state index in [-0.39, 0.29) is 10.6 Å². The number of methoxy groups -OCH3 is 1. The highest BCUT2D eigenvalue weighted by atomic mass is 32.2. The molecular formula is C14H14FNO3S.